The molecule has 3 heterocycles. The van der Waals surface area contributed by atoms with Gasteiger partial charge in [0.1, 0.15) is 5.69 Å². The van der Waals surface area contributed by atoms with Crippen LogP contribution in [0, 0.1) is 0 Å². The second kappa shape index (κ2) is 8.69. The highest BCUT2D eigenvalue weighted by Gasteiger charge is 2.16. The molecule has 1 aliphatic heterocycles. The molecule has 0 spiro atoms. The summed E-state index contributed by atoms with van der Waals surface area (Å²) in [6.45, 7) is 3.04. The standard InChI is InChI=1S/C23H25N7O/c31-22(16-29-11-5-2-6-12-29)24-23-19-13-18(9-10-20(19)25-27-23)21-15-30(28-26-21)14-17-7-3-1-4-8-17/h1,3-4,7-10,13,15H,2,5-6,11-12,14,16H2,(H2,24,25,27,31). The van der Waals surface area contributed by atoms with Crippen molar-refractivity contribution >= 4 is 22.6 Å². The maximum absolute atomic E-state index is 12.5. The van der Waals surface area contributed by atoms with E-state index in [0.29, 0.717) is 18.9 Å². The van der Waals surface area contributed by atoms with Crippen molar-refractivity contribution in [1.82, 2.24) is 30.1 Å². The lowest BCUT2D eigenvalue weighted by Crippen LogP contribution is -2.36. The van der Waals surface area contributed by atoms with Gasteiger partial charge in [-0.15, -0.1) is 5.10 Å². The maximum atomic E-state index is 12.5. The molecule has 0 radical (unpaired) electrons. The lowest BCUT2D eigenvalue weighted by molar-refractivity contribution is -0.117. The molecule has 0 unspecified atom stereocenters. The fourth-order valence-corrected chi connectivity index (χ4v) is 4.04. The Balaban J connectivity index is 1.32. The first-order valence-electron chi connectivity index (χ1n) is 10.7. The van der Waals surface area contributed by atoms with Gasteiger partial charge >= 0.3 is 0 Å². The van der Waals surface area contributed by atoms with Crippen LogP contribution in [0.3, 0.4) is 0 Å². The molecule has 0 bridgehead atoms. The third kappa shape index (κ3) is 4.49. The minimum absolute atomic E-state index is 0.0329. The highest BCUT2D eigenvalue weighted by Crippen LogP contribution is 2.26. The summed E-state index contributed by atoms with van der Waals surface area (Å²) in [7, 11) is 0. The van der Waals surface area contributed by atoms with Crippen LogP contribution < -0.4 is 5.32 Å². The number of nitrogens with one attached hydrogen (secondary N) is 2. The van der Waals surface area contributed by atoms with Crippen molar-refractivity contribution in [2.24, 2.45) is 0 Å². The number of hydrogen-bond acceptors (Lipinski definition) is 5. The Morgan fingerprint density at radius 1 is 1.06 bits per heavy atom. The number of benzene rings is 2. The predicted octanol–water partition coefficient (Wildman–Crippen LogP) is 3.29. The third-order valence-electron chi connectivity index (χ3n) is 5.66. The molecule has 1 saturated heterocycles. The van der Waals surface area contributed by atoms with Gasteiger partial charge in [-0.1, -0.05) is 48.0 Å². The quantitative estimate of drug-likeness (QED) is 0.504. The number of likely N-dealkylation sites (tertiary alicyclic amines) is 1. The number of hydrogen-bond donors (Lipinski definition) is 2. The Hall–Kier alpha value is -3.52. The van der Waals surface area contributed by atoms with Crippen molar-refractivity contribution in [3.05, 3.63) is 60.3 Å². The van der Waals surface area contributed by atoms with Crippen molar-refractivity contribution in [2.45, 2.75) is 25.8 Å². The monoisotopic (exact) mass is 415 g/mol. The smallest absolute Gasteiger partial charge is 0.239 e. The van der Waals surface area contributed by atoms with Gasteiger partial charge in [0.05, 0.1) is 24.8 Å². The molecule has 1 aliphatic rings. The van der Waals surface area contributed by atoms with Gasteiger partial charge in [-0.2, -0.15) is 5.10 Å². The summed E-state index contributed by atoms with van der Waals surface area (Å²) in [6, 6.07) is 16.1. The molecule has 5 rings (SSSR count). The lowest BCUT2D eigenvalue weighted by Gasteiger charge is -2.25. The van der Waals surface area contributed by atoms with E-state index in [1.54, 1.807) is 0 Å². The highest BCUT2D eigenvalue weighted by atomic mass is 16.2. The van der Waals surface area contributed by atoms with Gasteiger partial charge in [-0.25, -0.2) is 4.68 Å². The molecule has 31 heavy (non-hydrogen) atoms. The van der Waals surface area contributed by atoms with Gasteiger partial charge in [0, 0.05) is 10.9 Å². The van der Waals surface area contributed by atoms with Gasteiger partial charge in [-0.3, -0.25) is 14.8 Å². The number of aromatic amines is 1. The van der Waals surface area contributed by atoms with Crippen LogP contribution in [0.4, 0.5) is 5.82 Å². The largest absolute Gasteiger partial charge is 0.308 e. The Bertz CT molecular complexity index is 1180. The minimum atomic E-state index is -0.0329. The van der Waals surface area contributed by atoms with E-state index >= 15 is 0 Å². The van der Waals surface area contributed by atoms with Crippen molar-refractivity contribution in [2.75, 3.05) is 25.0 Å². The summed E-state index contributed by atoms with van der Waals surface area (Å²) in [5.41, 5.74) is 3.75. The number of nitrogens with zero attached hydrogens (tertiary/aromatic N) is 5. The van der Waals surface area contributed by atoms with E-state index in [1.165, 1.54) is 12.0 Å². The van der Waals surface area contributed by atoms with Gasteiger partial charge in [0.2, 0.25) is 5.91 Å². The Morgan fingerprint density at radius 2 is 1.90 bits per heavy atom. The van der Waals surface area contributed by atoms with Crippen molar-refractivity contribution in [1.29, 1.82) is 0 Å². The molecule has 2 aromatic carbocycles. The summed E-state index contributed by atoms with van der Waals surface area (Å²) in [6.07, 6.45) is 5.50. The molecule has 4 aromatic rings. The van der Waals surface area contributed by atoms with Crippen LogP contribution in [0.5, 0.6) is 0 Å². The van der Waals surface area contributed by atoms with Crippen LogP contribution in [0.2, 0.25) is 0 Å². The van der Waals surface area contributed by atoms with E-state index in [2.05, 4.69) is 42.9 Å². The minimum Gasteiger partial charge on any atom is -0.308 e. The second-order valence-corrected chi connectivity index (χ2v) is 8.00. The van der Waals surface area contributed by atoms with Crippen molar-refractivity contribution in [3.8, 4) is 11.3 Å². The van der Waals surface area contributed by atoms with Crippen LogP contribution in [0.15, 0.2) is 54.7 Å². The third-order valence-corrected chi connectivity index (χ3v) is 5.66. The van der Waals surface area contributed by atoms with Crippen molar-refractivity contribution < 1.29 is 4.79 Å². The first-order valence-corrected chi connectivity index (χ1v) is 10.7. The average Bonchev–Trinajstić information content (AvgIpc) is 3.42. The molecule has 8 nitrogen and oxygen atoms in total. The van der Waals surface area contributed by atoms with E-state index in [1.807, 2.05) is 47.3 Å². The fraction of sp³-hybridized carbons (Fsp3) is 0.304. The first kappa shape index (κ1) is 19.4. The first-order chi connectivity index (χ1) is 15.2. The van der Waals surface area contributed by atoms with Crippen LogP contribution in [-0.4, -0.2) is 55.6 Å². The summed E-state index contributed by atoms with van der Waals surface area (Å²) >= 11 is 0. The molecule has 1 amide bonds. The Morgan fingerprint density at radius 3 is 2.74 bits per heavy atom. The van der Waals surface area contributed by atoms with Crippen LogP contribution in [0.1, 0.15) is 24.8 Å². The predicted molar refractivity (Wildman–Crippen MR) is 120 cm³/mol. The molecule has 0 aliphatic carbocycles. The van der Waals surface area contributed by atoms with E-state index in [4.69, 9.17) is 0 Å². The topological polar surface area (TPSA) is 91.7 Å². The molecular formula is C23H25N7O. The number of piperidine rings is 1. The van der Waals surface area contributed by atoms with Gasteiger partial charge in [0.15, 0.2) is 5.82 Å². The van der Waals surface area contributed by atoms with E-state index < -0.39 is 0 Å². The van der Waals surface area contributed by atoms with Gasteiger partial charge < -0.3 is 5.32 Å². The van der Waals surface area contributed by atoms with Crippen LogP contribution >= 0.6 is 0 Å². The normalized spacial score (nSPS) is 14.7. The zero-order valence-corrected chi connectivity index (χ0v) is 17.3. The average molecular weight is 416 g/mol. The molecule has 0 saturated carbocycles. The number of carbonyl (C=O) groups is 1. The zero-order valence-electron chi connectivity index (χ0n) is 17.3. The van der Waals surface area contributed by atoms with Crippen molar-refractivity contribution in [3.63, 3.8) is 0 Å². The lowest BCUT2D eigenvalue weighted by atomic mass is 10.1. The summed E-state index contributed by atoms with van der Waals surface area (Å²) in [5, 5.41) is 19.7. The highest BCUT2D eigenvalue weighted by molar-refractivity contribution is 6.01. The molecule has 2 aromatic heterocycles. The number of carbonyl (C=O) groups excluding carboxylic acids is 1. The van der Waals surface area contributed by atoms with Gasteiger partial charge in [0.25, 0.3) is 0 Å². The number of H-pyrrole nitrogens is 1. The number of anilines is 1. The molecule has 0 atom stereocenters. The number of rotatable bonds is 6. The van der Waals surface area contributed by atoms with E-state index in [0.717, 1.165) is 48.1 Å². The van der Waals surface area contributed by atoms with Crippen LogP contribution in [0.25, 0.3) is 22.2 Å². The molecule has 2 N–H and O–H groups in total. The summed E-state index contributed by atoms with van der Waals surface area (Å²) in [4.78, 5) is 14.7. The number of fused-ring (bicyclic) bond motifs is 1. The van der Waals surface area contributed by atoms with E-state index in [9.17, 15) is 4.79 Å². The molecular weight excluding hydrogens is 390 g/mol. The molecule has 8 heteroatoms. The zero-order chi connectivity index (χ0) is 21.0. The number of aromatic nitrogens is 5. The van der Waals surface area contributed by atoms with Crippen LogP contribution in [-0.2, 0) is 11.3 Å². The van der Waals surface area contributed by atoms with E-state index in [-0.39, 0.29) is 5.91 Å². The SMILES string of the molecule is O=C(CN1CCCCC1)Nc1n[nH]c2ccc(-c3cn(Cc4ccccc4)nn3)cc12. The maximum Gasteiger partial charge on any atom is 0.239 e. The number of amides is 1. The Labute approximate surface area is 180 Å². The molecule has 1 fully saturated rings. The van der Waals surface area contributed by atoms with Gasteiger partial charge in [-0.05, 0) is 43.6 Å². The Kier molecular flexibility index (Phi) is 5.45. The summed E-state index contributed by atoms with van der Waals surface area (Å²) in [5.74, 6) is 0.519. The molecule has 158 valence electrons. The second-order valence-electron chi connectivity index (χ2n) is 8.00. The fourth-order valence-electron chi connectivity index (χ4n) is 4.04. The summed E-state index contributed by atoms with van der Waals surface area (Å²) < 4.78 is 1.82.